The lowest BCUT2D eigenvalue weighted by atomic mass is 9.91. The summed E-state index contributed by atoms with van der Waals surface area (Å²) in [5.74, 6) is -0.00792. The summed E-state index contributed by atoms with van der Waals surface area (Å²) < 4.78 is 51.8. The van der Waals surface area contributed by atoms with Crippen LogP contribution in [0.4, 0.5) is 17.6 Å². The first kappa shape index (κ1) is 12.0. The fraction of sp³-hybridized carbons (Fsp3) is 0.571. The van der Waals surface area contributed by atoms with E-state index in [0.717, 1.165) is 43.9 Å². The van der Waals surface area contributed by atoms with Crippen LogP contribution in [0.3, 0.4) is 0 Å². The van der Waals surface area contributed by atoms with Crippen molar-refractivity contribution in [2.24, 2.45) is 11.3 Å². The molecule has 0 spiro atoms. The third-order valence-corrected chi connectivity index (χ3v) is 4.50. The maximum absolute atomic E-state index is 13.2. The van der Waals surface area contributed by atoms with Crippen molar-refractivity contribution >= 4 is 0 Å². The van der Waals surface area contributed by atoms with E-state index in [1.165, 1.54) is 0 Å². The predicted molar refractivity (Wildman–Crippen MR) is 59.5 cm³/mol. The maximum atomic E-state index is 13.2. The Hall–Kier alpha value is -1.06. The van der Waals surface area contributed by atoms with E-state index in [1.807, 2.05) is 0 Å². The number of benzene rings is 1. The minimum absolute atomic E-state index is 0.0494. The van der Waals surface area contributed by atoms with Crippen molar-refractivity contribution in [3.05, 3.63) is 35.1 Å². The topological polar surface area (TPSA) is 0 Å². The summed E-state index contributed by atoms with van der Waals surface area (Å²) in [6.45, 7) is 0. The fourth-order valence-corrected chi connectivity index (χ4v) is 3.52. The summed E-state index contributed by atoms with van der Waals surface area (Å²) in [6, 6.07) is 2.82. The van der Waals surface area contributed by atoms with Gasteiger partial charge in [0, 0.05) is 0 Å². The first-order valence-electron chi connectivity index (χ1n) is 6.26. The second-order valence-corrected chi connectivity index (χ2v) is 5.63. The van der Waals surface area contributed by atoms with Crippen molar-refractivity contribution in [2.45, 2.75) is 38.3 Å². The molecule has 4 heteroatoms. The van der Waals surface area contributed by atoms with Crippen LogP contribution in [0, 0.1) is 17.2 Å². The van der Waals surface area contributed by atoms with Crippen LogP contribution in [-0.4, -0.2) is 0 Å². The quantitative estimate of drug-likeness (QED) is 0.681. The molecule has 2 aliphatic rings. The van der Waals surface area contributed by atoms with Crippen LogP contribution in [-0.2, 0) is 12.6 Å². The predicted octanol–water partition coefficient (Wildman–Crippen LogP) is 4.58. The number of alkyl halides is 3. The molecule has 0 heterocycles. The Kier molecular flexibility index (Phi) is 2.48. The van der Waals surface area contributed by atoms with E-state index in [0.29, 0.717) is 12.3 Å². The van der Waals surface area contributed by atoms with Crippen molar-refractivity contribution in [2.75, 3.05) is 0 Å². The van der Waals surface area contributed by atoms with Gasteiger partial charge in [0.05, 0.1) is 5.56 Å². The number of fused-ring (bicyclic) bond motifs is 1. The van der Waals surface area contributed by atoms with Crippen LogP contribution in [0.1, 0.15) is 36.8 Å². The van der Waals surface area contributed by atoms with Crippen molar-refractivity contribution < 1.29 is 17.6 Å². The minimum Gasteiger partial charge on any atom is -0.207 e. The van der Waals surface area contributed by atoms with Crippen LogP contribution in [0.15, 0.2) is 18.2 Å². The fourth-order valence-electron chi connectivity index (χ4n) is 3.52. The van der Waals surface area contributed by atoms with E-state index < -0.39 is 17.6 Å². The highest BCUT2D eigenvalue weighted by molar-refractivity contribution is 5.33. The van der Waals surface area contributed by atoms with Gasteiger partial charge < -0.3 is 0 Å². The van der Waals surface area contributed by atoms with Crippen LogP contribution >= 0.6 is 0 Å². The molecule has 0 aliphatic heterocycles. The molecule has 2 atom stereocenters. The molecule has 0 aromatic heterocycles. The lowest BCUT2D eigenvalue weighted by Crippen LogP contribution is -2.13. The van der Waals surface area contributed by atoms with Gasteiger partial charge in [-0.25, -0.2) is 4.39 Å². The monoisotopic (exact) mass is 258 g/mol. The van der Waals surface area contributed by atoms with E-state index in [9.17, 15) is 17.6 Å². The zero-order chi connectivity index (χ0) is 13.0. The smallest absolute Gasteiger partial charge is 0.207 e. The molecule has 0 nitrogen and oxygen atoms in total. The van der Waals surface area contributed by atoms with Crippen LogP contribution < -0.4 is 0 Å². The standard InChI is InChI=1S/C14H14F4/c15-11-3-4-12(14(16,17)18)9(6-11)7-13-5-1-2-10(13)8-13/h3-4,6,10H,1-2,5,7-8H2. The van der Waals surface area contributed by atoms with Crippen LogP contribution in [0.5, 0.6) is 0 Å². The van der Waals surface area contributed by atoms with Crippen molar-refractivity contribution in [1.29, 1.82) is 0 Å². The molecule has 0 N–H and O–H groups in total. The van der Waals surface area contributed by atoms with E-state index in [4.69, 9.17) is 0 Å². The SMILES string of the molecule is Fc1ccc(C(F)(F)F)c(CC23CCCC2C3)c1. The zero-order valence-corrected chi connectivity index (χ0v) is 9.86. The summed E-state index contributed by atoms with van der Waals surface area (Å²) in [5.41, 5.74) is -0.490. The van der Waals surface area contributed by atoms with Gasteiger partial charge in [0.25, 0.3) is 0 Å². The van der Waals surface area contributed by atoms with Crippen molar-refractivity contribution in [3.8, 4) is 0 Å². The molecular weight excluding hydrogens is 244 g/mol. The van der Waals surface area contributed by atoms with Gasteiger partial charge in [0.2, 0.25) is 0 Å². The Labute approximate surface area is 103 Å². The molecule has 18 heavy (non-hydrogen) atoms. The second-order valence-electron chi connectivity index (χ2n) is 5.63. The molecule has 98 valence electrons. The molecule has 3 rings (SSSR count). The average molecular weight is 258 g/mol. The number of halogens is 4. The Morgan fingerprint density at radius 3 is 2.61 bits per heavy atom. The zero-order valence-electron chi connectivity index (χ0n) is 9.86. The van der Waals surface area contributed by atoms with Gasteiger partial charge in [-0.05, 0) is 60.8 Å². The van der Waals surface area contributed by atoms with Gasteiger partial charge in [0.15, 0.2) is 0 Å². The lowest BCUT2D eigenvalue weighted by molar-refractivity contribution is -0.138. The third-order valence-electron chi connectivity index (χ3n) is 4.50. The summed E-state index contributed by atoms with van der Waals surface area (Å²) in [7, 11) is 0. The number of hydrogen-bond acceptors (Lipinski definition) is 0. The molecule has 0 amide bonds. The first-order chi connectivity index (χ1) is 8.41. The molecular formula is C14H14F4. The van der Waals surface area contributed by atoms with Crippen LogP contribution in [0.25, 0.3) is 0 Å². The first-order valence-corrected chi connectivity index (χ1v) is 6.26. The van der Waals surface area contributed by atoms with Gasteiger partial charge >= 0.3 is 6.18 Å². The molecule has 0 saturated heterocycles. The van der Waals surface area contributed by atoms with E-state index in [2.05, 4.69) is 0 Å². The van der Waals surface area contributed by atoms with Gasteiger partial charge in [-0.3, -0.25) is 0 Å². The summed E-state index contributed by atoms with van der Waals surface area (Å²) >= 11 is 0. The third kappa shape index (κ3) is 1.91. The largest absolute Gasteiger partial charge is 0.416 e. The lowest BCUT2D eigenvalue weighted by Gasteiger charge is -2.17. The Morgan fingerprint density at radius 1 is 1.28 bits per heavy atom. The van der Waals surface area contributed by atoms with Crippen molar-refractivity contribution in [3.63, 3.8) is 0 Å². The molecule has 0 radical (unpaired) electrons. The maximum Gasteiger partial charge on any atom is 0.416 e. The van der Waals surface area contributed by atoms with E-state index in [-0.39, 0.29) is 11.0 Å². The summed E-state index contributed by atoms with van der Waals surface area (Å²) in [4.78, 5) is 0. The van der Waals surface area contributed by atoms with Gasteiger partial charge in [-0.15, -0.1) is 0 Å². The molecule has 1 aromatic carbocycles. The number of rotatable bonds is 2. The van der Waals surface area contributed by atoms with Gasteiger partial charge in [-0.1, -0.05) is 6.42 Å². The molecule has 2 saturated carbocycles. The summed E-state index contributed by atoms with van der Waals surface area (Å²) in [6.07, 6.45) is 0.219. The molecule has 2 fully saturated rings. The van der Waals surface area contributed by atoms with Crippen LogP contribution in [0.2, 0.25) is 0 Å². The van der Waals surface area contributed by atoms with Gasteiger partial charge in [-0.2, -0.15) is 13.2 Å². The van der Waals surface area contributed by atoms with E-state index in [1.54, 1.807) is 0 Å². The highest BCUT2D eigenvalue weighted by Crippen LogP contribution is 2.65. The Bertz CT molecular complexity index is 477. The number of hydrogen-bond donors (Lipinski definition) is 0. The Morgan fingerprint density at radius 2 is 2.06 bits per heavy atom. The molecule has 0 bridgehead atoms. The van der Waals surface area contributed by atoms with Crippen molar-refractivity contribution in [1.82, 2.24) is 0 Å². The average Bonchev–Trinajstić information content (AvgIpc) is 2.77. The highest BCUT2D eigenvalue weighted by atomic mass is 19.4. The normalized spacial score (nSPS) is 30.3. The van der Waals surface area contributed by atoms with E-state index >= 15 is 0 Å². The molecule has 1 aromatic rings. The Balaban J connectivity index is 1.93. The van der Waals surface area contributed by atoms with Gasteiger partial charge in [0.1, 0.15) is 5.82 Å². The molecule has 2 aliphatic carbocycles. The summed E-state index contributed by atoms with van der Waals surface area (Å²) in [5, 5.41) is 0. The highest BCUT2D eigenvalue weighted by Gasteiger charge is 2.56. The minimum atomic E-state index is -4.39. The molecule has 2 unspecified atom stereocenters. The second kappa shape index (κ2) is 3.72.